The van der Waals surface area contributed by atoms with Crippen molar-refractivity contribution < 1.29 is 37.2 Å². The van der Waals surface area contributed by atoms with E-state index in [1.807, 2.05) is 45.0 Å². The lowest BCUT2D eigenvalue weighted by Crippen LogP contribution is -2.35. The van der Waals surface area contributed by atoms with Crippen LogP contribution in [0.2, 0.25) is 0 Å². The Labute approximate surface area is 228 Å². The third-order valence-corrected chi connectivity index (χ3v) is 6.06. The lowest BCUT2D eigenvalue weighted by Gasteiger charge is -2.27. The van der Waals surface area contributed by atoms with Crippen LogP contribution in [0.4, 0.5) is 0 Å². The van der Waals surface area contributed by atoms with Gasteiger partial charge in [-0.2, -0.15) is 8.42 Å². The maximum absolute atomic E-state index is 12.6. The molecule has 12 heteroatoms. The van der Waals surface area contributed by atoms with Gasteiger partial charge in [-0.25, -0.2) is 0 Å². The fourth-order valence-corrected chi connectivity index (χ4v) is 4.27. The molecule has 0 aliphatic carbocycles. The third kappa shape index (κ3) is 8.27. The van der Waals surface area contributed by atoms with Crippen molar-refractivity contribution in [1.82, 2.24) is 15.4 Å². The van der Waals surface area contributed by atoms with E-state index in [1.54, 1.807) is 0 Å². The molecule has 1 aliphatic heterocycles. The first kappa shape index (κ1) is 30.1. The molecule has 0 atom stereocenters. The molecule has 1 saturated heterocycles. The average molecular weight is 562 g/mol. The predicted molar refractivity (Wildman–Crippen MR) is 146 cm³/mol. The minimum atomic E-state index is -3.67. The number of amides is 1. The zero-order valence-corrected chi connectivity index (χ0v) is 23.3. The minimum absolute atomic E-state index is 0.0392. The summed E-state index contributed by atoms with van der Waals surface area (Å²) in [6.07, 6.45) is 2.17. The Kier molecular flexibility index (Phi) is 10.1. The number of aromatic nitrogens is 1. The SMILES string of the molecule is CCNC(=O)c1nocc1-c1ccc(CN2CCOCC2)cc1-c1cc(C(C)C)c(O)cc1O.CS(=O)(=O)O. The summed E-state index contributed by atoms with van der Waals surface area (Å²) in [5.74, 6) is -0.258. The average Bonchev–Trinajstić information content (AvgIpc) is 3.34. The van der Waals surface area contributed by atoms with Crippen LogP contribution in [-0.4, -0.2) is 78.3 Å². The molecule has 2 aromatic carbocycles. The van der Waals surface area contributed by atoms with Crippen molar-refractivity contribution in [1.29, 1.82) is 0 Å². The number of benzene rings is 2. The van der Waals surface area contributed by atoms with Gasteiger partial charge < -0.3 is 24.8 Å². The molecular weight excluding hydrogens is 526 g/mol. The summed E-state index contributed by atoms with van der Waals surface area (Å²) in [7, 11) is -3.67. The largest absolute Gasteiger partial charge is 0.508 e. The molecule has 2 heterocycles. The number of hydrogen-bond donors (Lipinski definition) is 4. The molecule has 0 bridgehead atoms. The smallest absolute Gasteiger partial charge is 0.274 e. The van der Waals surface area contributed by atoms with E-state index in [9.17, 15) is 23.4 Å². The number of aromatic hydroxyl groups is 2. The van der Waals surface area contributed by atoms with Crippen molar-refractivity contribution in [3.8, 4) is 33.8 Å². The summed E-state index contributed by atoms with van der Waals surface area (Å²) in [6.45, 7) is 10.1. The summed E-state index contributed by atoms with van der Waals surface area (Å²) >= 11 is 0. The van der Waals surface area contributed by atoms with E-state index < -0.39 is 10.1 Å². The Balaban J connectivity index is 0.000000771. The Morgan fingerprint density at radius 3 is 2.33 bits per heavy atom. The van der Waals surface area contributed by atoms with Crippen LogP contribution in [0.25, 0.3) is 22.3 Å². The van der Waals surface area contributed by atoms with E-state index >= 15 is 0 Å². The fourth-order valence-electron chi connectivity index (χ4n) is 4.27. The fraction of sp³-hybridized carbons (Fsp3) is 0.407. The summed E-state index contributed by atoms with van der Waals surface area (Å²) < 4.78 is 36.5. The van der Waals surface area contributed by atoms with Crippen LogP contribution in [0.15, 0.2) is 41.1 Å². The molecule has 0 saturated carbocycles. The summed E-state index contributed by atoms with van der Waals surface area (Å²) in [5, 5.41) is 27.9. The van der Waals surface area contributed by atoms with Gasteiger partial charge in [-0.15, -0.1) is 0 Å². The van der Waals surface area contributed by atoms with Crippen molar-refractivity contribution in [3.63, 3.8) is 0 Å². The van der Waals surface area contributed by atoms with Gasteiger partial charge in [-0.05, 0) is 47.2 Å². The molecular formula is C27H35N3O8S. The second-order valence-electron chi connectivity index (χ2n) is 9.52. The normalized spacial score (nSPS) is 14.1. The van der Waals surface area contributed by atoms with Crippen LogP contribution in [0, 0.1) is 0 Å². The molecule has 0 spiro atoms. The number of phenolic OH excluding ortho intramolecular Hbond substituents is 2. The lowest BCUT2D eigenvalue weighted by atomic mass is 9.89. The second-order valence-corrected chi connectivity index (χ2v) is 11.0. The zero-order valence-electron chi connectivity index (χ0n) is 22.5. The number of carbonyl (C=O) groups is 1. The molecule has 11 nitrogen and oxygen atoms in total. The number of ether oxygens (including phenoxy) is 1. The monoisotopic (exact) mass is 561 g/mol. The van der Waals surface area contributed by atoms with E-state index in [2.05, 4.69) is 15.4 Å². The number of rotatable bonds is 7. The van der Waals surface area contributed by atoms with Gasteiger partial charge in [0.05, 0.1) is 25.0 Å². The van der Waals surface area contributed by atoms with Gasteiger partial charge in [0.1, 0.15) is 17.8 Å². The van der Waals surface area contributed by atoms with E-state index in [-0.39, 0.29) is 29.0 Å². The number of carbonyl (C=O) groups excluding carboxylic acids is 1. The molecule has 0 radical (unpaired) electrons. The zero-order chi connectivity index (χ0) is 28.7. The maximum Gasteiger partial charge on any atom is 0.274 e. The highest BCUT2D eigenvalue weighted by Crippen LogP contribution is 2.42. The van der Waals surface area contributed by atoms with Crippen molar-refractivity contribution in [2.75, 3.05) is 39.1 Å². The number of phenols is 2. The summed E-state index contributed by atoms with van der Waals surface area (Å²) in [4.78, 5) is 14.9. The van der Waals surface area contributed by atoms with Gasteiger partial charge in [-0.1, -0.05) is 31.1 Å². The van der Waals surface area contributed by atoms with E-state index in [0.717, 1.165) is 36.3 Å². The highest BCUT2D eigenvalue weighted by Gasteiger charge is 2.23. The number of morpholine rings is 1. The highest BCUT2D eigenvalue weighted by atomic mass is 32.2. The lowest BCUT2D eigenvalue weighted by molar-refractivity contribution is 0.0342. The van der Waals surface area contributed by atoms with Crippen molar-refractivity contribution in [3.05, 3.63) is 53.4 Å². The number of hydrogen-bond acceptors (Lipinski definition) is 9. The van der Waals surface area contributed by atoms with Crippen molar-refractivity contribution in [2.45, 2.75) is 33.2 Å². The van der Waals surface area contributed by atoms with E-state index in [1.165, 1.54) is 12.3 Å². The first-order chi connectivity index (χ1) is 18.4. The summed E-state index contributed by atoms with van der Waals surface area (Å²) in [6, 6.07) is 9.16. The number of nitrogens with one attached hydrogen (secondary N) is 1. The number of nitrogens with zero attached hydrogens (tertiary/aromatic N) is 2. The topological polar surface area (TPSA) is 162 Å². The summed E-state index contributed by atoms with van der Waals surface area (Å²) in [5.41, 5.74) is 4.54. The maximum atomic E-state index is 12.6. The van der Waals surface area contributed by atoms with E-state index in [4.69, 9.17) is 13.8 Å². The molecule has 212 valence electrons. The first-order valence-electron chi connectivity index (χ1n) is 12.5. The molecule has 1 fully saturated rings. The van der Waals surface area contributed by atoms with Gasteiger partial charge in [0.25, 0.3) is 16.0 Å². The Bertz CT molecular complexity index is 1390. The molecule has 0 unspecified atom stereocenters. The van der Waals surface area contributed by atoms with Crippen LogP contribution in [0.5, 0.6) is 11.5 Å². The molecule has 1 amide bonds. The van der Waals surface area contributed by atoms with Crippen LogP contribution in [0.1, 0.15) is 48.3 Å². The van der Waals surface area contributed by atoms with Crippen LogP contribution >= 0.6 is 0 Å². The highest BCUT2D eigenvalue weighted by molar-refractivity contribution is 7.85. The predicted octanol–water partition coefficient (Wildman–Crippen LogP) is 3.63. The molecule has 4 N–H and O–H groups in total. The van der Waals surface area contributed by atoms with Crippen molar-refractivity contribution in [2.24, 2.45) is 0 Å². The van der Waals surface area contributed by atoms with Crippen LogP contribution in [-0.2, 0) is 21.4 Å². The third-order valence-electron chi connectivity index (χ3n) is 6.06. The van der Waals surface area contributed by atoms with Crippen LogP contribution < -0.4 is 5.32 Å². The Morgan fingerprint density at radius 2 is 1.72 bits per heavy atom. The molecule has 1 aliphatic rings. The molecule has 4 rings (SSSR count). The van der Waals surface area contributed by atoms with Gasteiger partial charge in [0.2, 0.25) is 0 Å². The Morgan fingerprint density at radius 1 is 1.05 bits per heavy atom. The van der Waals surface area contributed by atoms with E-state index in [0.29, 0.717) is 42.7 Å². The standard InChI is InChI=1S/C26H31N3O5.CH4O3S/c1-4-27-26(32)25-22(15-34-28-25)18-6-5-17(14-29-7-9-33-10-8-29)11-20(18)21-12-19(16(2)3)23(30)13-24(21)31;1-5(2,3)4/h5-6,11-13,15-16,30-31H,4,7-10,14H2,1-3H3,(H,27,32);1H3,(H,2,3,4). The molecule has 1 aromatic heterocycles. The van der Waals surface area contributed by atoms with Crippen LogP contribution in [0.3, 0.4) is 0 Å². The first-order valence-corrected chi connectivity index (χ1v) is 14.4. The molecule has 3 aromatic rings. The Hall–Kier alpha value is -3.45. The minimum Gasteiger partial charge on any atom is -0.508 e. The van der Waals surface area contributed by atoms with Gasteiger partial charge >= 0.3 is 0 Å². The quantitative estimate of drug-likeness (QED) is 0.313. The van der Waals surface area contributed by atoms with Gasteiger partial charge in [0, 0.05) is 37.8 Å². The van der Waals surface area contributed by atoms with Gasteiger partial charge in [-0.3, -0.25) is 14.2 Å². The molecule has 39 heavy (non-hydrogen) atoms. The second kappa shape index (κ2) is 13.1. The van der Waals surface area contributed by atoms with Gasteiger partial charge in [0.15, 0.2) is 5.69 Å². The van der Waals surface area contributed by atoms with Crippen molar-refractivity contribution >= 4 is 16.0 Å².